The second-order valence-electron chi connectivity index (χ2n) is 8.61. The number of hydrogen-bond donors (Lipinski definition) is 1. The molecule has 1 saturated heterocycles. The number of ether oxygens (including phenoxy) is 1. The summed E-state index contributed by atoms with van der Waals surface area (Å²) >= 11 is 0. The molecule has 164 valence electrons. The van der Waals surface area contributed by atoms with E-state index in [4.69, 9.17) is 4.74 Å². The summed E-state index contributed by atoms with van der Waals surface area (Å²) in [5, 5.41) is 4.04. The monoisotopic (exact) mass is 429 g/mol. The van der Waals surface area contributed by atoms with Gasteiger partial charge in [-0.05, 0) is 54.8 Å². The van der Waals surface area contributed by atoms with E-state index in [2.05, 4.69) is 10.3 Å². The summed E-state index contributed by atoms with van der Waals surface area (Å²) in [6.45, 7) is 1.98. The van der Waals surface area contributed by atoms with Gasteiger partial charge in [0.25, 0.3) is 5.91 Å². The first-order valence-corrected chi connectivity index (χ1v) is 11.3. The van der Waals surface area contributed by atoms with Gasteiger partial charge in [0.05, 0.1) is 5.52 Å². The Labute approximate surface area is 187 Å². The molecule has 2 amide bonds. The Balaban J connectivity index is 1.13. The van der Waals surface area contributed by atoms with Crippen LogP contribution < -0.4 is 10.1 Å². The van der Waals surface area contributed by atoms with Crippen molar-refractivity contribution in [3.8, 4) is 5.75 Å². The number of carbonyl (C=O) groups excluding carboxylic acids is 2. The predicted molar refractivity (Wildman–Crippen MR) is 122 cm³/mol. The van der Waals surface area contributed by atoms with Crippen LogP contribution in [0.3, 0.4) is 0 Å². The topological polar surface area (TPSA) is 71.5 Å². The van der Waals surface area contributed by atoms with E-state index in [1.165, 1.54) is 0 Å². The Hall–Kier alpha value is -3.41. The summed E-state index contributed by atoms with van der Waals surface area (Å²) in [6, 6.07) is 17.1. The number of hydrogen-bond acceptors (Lipinski definition) is 4. The van der Waals surface area contributed by atoms with Gasteiger partial charge >= 0.3 is 0 Å². The Bertz CT molecular complexity index is 1110. The minimum absolute atomic E-state index is 0.109. The van der Waals surface area contributed by atoms with Crippen molar-refractivity contribution < 1.29 is 14.3 Å². The molecular weight excluding hydrogens is 402 g/mol. The SMILES string of the molecule is O=C(NCc1ccnc2ccccc12)c1ccc(OC2CCN(C(=O)C3CC3)CC2)cc1. The number of piperidine rings is 1. The van der Waals surface area contributed by atoms with Crippen molar-refractivity contribution in [3.05, 3.63) is 71.9 Å². The smallest absolute Gasteiger partial charge is 0.251 e. The summed E-state index contributed by atoms with van der Waals surface area (Å²) in [5.74, 6) is 1.24. The van der Waals surface area contributed by atoms with Gasteiger partial charge in [-0.3, -0.25) is 14.6 Å². The first-order chi connectivity index (χ1) is 15.7. The number of likely N-dealkylation sites (tertiary alicyclic amines) is 1. The number of pyridine rings is 1. The fourth-order valence-electron chi connectivity index (χ4n) is 4.25. The molecule has 6 heteroatoms. The minimum Gasteiger partial charge on any atom is -0.490 e. The molecule has 2 heterocycles. The van der Waals surface area contributed by atoms with Gasteiger partial charge in [0.15, 0.2) is 0 Å². The zero-order valence-electron chi connectivity index (χ0n) is 18.0. The van der Waals surface area contributed by atoms with Crippen LogP contribution in [0.1, 0.15) is 41.6 Å². The van der Waals surface area contributed by atoms with Gasteiger partial charge in [-0.1, -0.05) is 18.2 Å². The molecule has 5 rings (SSSR count). The third-order valence-corrected chi connectivity index (χ3v) is 6.28. The van der Waals surface area contributed by atoms with Crippen molar-refractivity contribution in [2.24, 2.45) is 5.92 Å². The van der Waals surface area contributed by atoms with Crippen molar-refractivity contribution >= 4 is 22.7 Å². The van der Waals surface area contributed by atoms with Crippen molar-refractivity contribution in [1.29, 1.82) is 0 Å². The van der Waals surface area contributed by atoms with Gasteiger partial charge in [-0.25, -0.2) is 0 Å². The number of amides is 2. The molecule has 0 unspecified atom stereocenters. The third-order valence-electron chi connectivity index (χ3n) is 6.28. The number of aromatic nitrogens is 1. The molecule has 2 aromatic carbocycles. The molecule has 1 aliphatic carbocycles. The molecule has 0 bridgehead atoms. The molecule has 0 spiro atoms. The van der Waals surface area contributed by atoms with E-state index in [0.29, 0.717) is 18.0 Å². The maximum absolute atomic E-state index is 12.6. The van der Waals surface area contributed by atoms with E-state index in [1.54, 1.807) is 18.3 Å². The Kier molecular flexibility index (Phi) is 5.75. The van der Waals surface area contributed by atoms with Crippen molar-refractivity contribution in [3.63, 3.8) is 0 Å². The Morgan fingerprint density at radius 3 is 2.47 bits per heavy atom. The summed E-state index contributed by atoms with van der Waals surface area (Å²) < 4.78 is 6.10. The van der Waals surface area contributed by atoms with Crippen LogP contribution in [0.2, 0.25) is 0 Å². The van der Waals surface area contributed by atoms with E-state index in [-0.39, 0.29) is 17.9 Å². The quantitative estimate of drug-likeness (QED) is 0.644. The molecule has 2 aliphatic rings. The van der Waals surface area contributed by atoms with Gasteiger partial charge in [-0.15, -0.1) is 0 Å². The van der Waals surface area contributed by atoms with Gasteiger partial charge < -0.3 is 15.0 Å². The molecule has 1 aliphatic heterocycles. The van der Waals surface area contributed by atoms with Crippen LogP contribution in [0.15, 0.2) is 60.8 Å². The van der Waals surface area contributed by atoms with Crippen molar-refractivity contribution in [2.75, 3.05) is 13.1 Å². The number of benzene rings is 2. The fourth-order valence-corrected chi connectivity index (χ4v) is 4.25. The van der Waals surface area contributed by atoms with Crippen molar-refractivity contribution in [1.82, 2.24) is 15.2 Å². The van der Waals surface area contributed by atoms with Crippen molar-refractivity contribution in [2.45, 2.75) is 38.3 Å². The number of carbonyl (C=O) groups is 2. The molecule has 1 aromatic heterocycles. The predicted octanol–water partition coefficient (Wildman–Crippen LogP) is 3.94. The highest BCUT2D eigenvalue weighted by molar-refractivity contribution is 5.94. The summed E-state index contributed by atoms with van der Waals surface area (Å²) in [4.78, 5) is 31.1. The molecule has 0 radical (unpaired) electrons. The largest absolute Gasteiger partial charge is 0.490 e. The van der Waals surface area contributed by atoms with Gasteiger partial charge in [-0.2, -0.15) is 0 Å². The standard InChI is InChI=1S/C26H27N3O3/c30-25(28-17-20-11-14-27-24-4-2-1-3-23(20)24)18-7-9-21(10-8-18)32-22-12-15-29(16-13-22)26(31)19-5-6-19/h1-4,7-11,14,19,22H,5-6,12-13,15-17H2,(H,28,30). The molecule has 3 aromatic rings. The highest BCUT2D eigenvalue weighted by Gasteiger charge is 2.35. The van der Waals surface area contributed by atoms with Crippen LogP contribution in [-0.4, -0.2) is 40.9 Å². The molecule has 1 N–H and O–H groups in total. The van der Waals surface area contributed by atoms with E-state index < -0.39 is 0 Å². The highest BCUT2D eigenvalue weighted by atomic mass is 16.5. The third kappa shape index (κ3) is 4.59. The van der Waals surface area contributed by atoms with Gasteiger partial charge in [0.1, 0.15) is 11.9 Å². The molecule has 2 fully saturated rings. The van der Waals surface area contributed by atoms with Crippen LogP contribution in [0.5, 0.6) is 5.75 Å². The van der Waals surface area contributed by atoms with E-state index >= 15 is 0 Å². The highest BCUT2D eigenvalue weighted by Crippen LogP contribution is 2.32. The van der Waals surface area contributed by atoms with Crippen LogP contribution in [0, 0.1) is 5.92 Å². The Morgan fingerprint density at radius 2 is 1.72 bits per heavy atom. The minimum atomic E-state index is -0.121. The Morgan fingerprint density at radius 1 is 0.969 bits per heavy atom. The van der Waals surface area contributed by atoms with Gasteiger partial charge in [0.2, 0.25) is 5.91 Å². The lowest BCUT2D eigenvalue weighted by Crippen LogP contribution is -2.42. The van der Waals surface area contributed by atoms with Gasteiger partial charge in [0, 0.05) is 55.5 Å². The molecule has 1 saturated carbocycles. The molecular formula is C26H27N3O3. The van der Waals surface area contributed by atoms with Crippen LogP contribution >= 0.6 is 0 Å². The normalized spacial score (nSPS) is 16.7. The number of nitrogens with zero attached hydrogens (tertiary/aromatic N) is 2. The number of fused-ring (bicyclic) bond motifs is 1. The average Bonchev–Trinajstić information content (AvgIpc) is 3.69. The van der Waals surface area contributed by atoms with Crippen LogP contribution in [0.4, 0.5) is 0 Å². The van der Waals surface area contributed by atoms with Crippen LogP contribution in [-0.2, 0) is 11.3 Å². The van der Waals surface area contributed by atoms with E-state index in [1.807, 2.05) is 47.4 Å². The fraction of sp³-hybridized carbons (Fsp3) is 0.346. The lowest BCUT2D eigenvalue weighted by Gasteiger charge is -2.32. The molecule has 6 nitrogen and oxygen atoms in total. The summed E-state index contributed by atoms with van der Waals surface area (Å²) in [7, 11) is 0. The zero-order chi connectivity index (χ0) is 21.9. The van der Waals surface area contributed by atoms with E-state index in [0.717, 1.165) is 61.0 Å². The molecule has 0 atom stereocenters. The maximum Gasteiger partial charge on any atom is 0.251 e. The zero-order valence-corrected chi connectivity index (χ0v) is 18.0. The van der Waals surface area contributed by atoms with E-state index in [9.17, 15) is 9.59 Å². The summed E-state index contributed by atoms with van der Waals surface area (Å²) in [6.07, 6.45) is 5.67. The van der Waals surface area contributed by atoms with Crippen LogP contribution in [0.25, 0.3) is 10.9 Å². The molecule has 32 heavy (non-hydrogen) atoms. The summed E-state index contributed by atoms with van der Waals surface area (Å²) in [5.41, 5.74) is 2.56. The number of para-hydroxylation sites is 1. The first-order valence-electron chi connectivity index (χ1n) is 11.3. The lowest BCUT2D eigenvalue weighted by molar-refractivity contribution is -0.134. The first kappa shape index (κ1) is 20.5. The second-order valence-corrected chi connectivity index (χ2v) is 8.61. The number of rotatable bonds is 6. The number of nitrogens with one attached hydrogen (secondary N) is 1. The lowest BCUT2D eigenvalue weighted by atomic mass is 10.1. The maximum atomic E-state index is 12.6. The average molecular weight is 430 g/mol. The second kappa shape index (κ2) is 8.99.